The third-order valence-electron chi connectivity index (χ3n) is 3.35. The lowest BCUT2D eigenvalue weighted by atomic mass is 10.1. The molecule has 0 bridgehead atoms. The van der Waals surface area contributed by atoms with E-state index in [0.29, 0.717) is 11.4 Å². The second-order valence-corrected chi connectivity index (χ2v) is 5.75. The number of halogens is 1. The largest absolute Gasteiger partial charge is 0.497 e. The highest BCUT2D eigenvalue weighted by atomic mass is 32.2. The van der Waals surface area contributed by atoms with Crippen molar-refractivity contribution in [2.75, 3.05) is 17.8 Å². The van der Waals surface area contributed by atoms with Crippen molar-refractivity contribution in [3.63, 3.8) is 0 Å². The van der Waals surface area contributed by atoms with E-state index in [0.717, 1.165) is 11.3 Å². The molecule has 0 N–H and O–H groups in total. The predicted molar refractivity (Wildman–Crippen MR) is 82.1 cm³/mol. The average Bonchev–Trinajstić information content (AvgIpc) is 2.90. The molecule has 0 radical (unpaired) electrons. The Bertz CT molecular complexity index is 660. The van der Waals surface area contributed by atoms with Gasteiger partial charge in [-0.1, -0.05) is 12.1 Å². The van der Waals surface area contributed by atoms with E-state index in [-0.39, 0.29) is 17.1 Å². The molecule has 108 valence electrons. The number of thioether (sulfide) groups is 1. The summed E-state index contributed by atoms with van der Waals surface area (Å²) < 4.78 is 18.3. The molecule has 0 aliphatic carbocycles. The summed E-state index contributed by atoms with van der Waals surface area (Å²) in [5.74, 6) is 0.890. The first-order valence-corrected chi connectivity index (χ1v) is 7.57. The van der Waals surface area contributed by atoms with E-state index in [4.69, 9.17) is 4.74 Å². The minimum absolute atomic E-state index is 0.0272. The van der Waals surface area contributed by atoms with E-state index in [1.165, 1.54) is 12.1 Å². The minimum atomic E-state index is -0.309. The van der Waals surface area contributed by atoms with Gasteiger partial charge in [-0.15, -0.1) is 11.8 Å². The SMILES string of the molecule is COc1cccc(C2SCC(=O)N2c2ccc(F)cc2)c1. The van der Waals surface area contributed by atoms with Crippen LogP contribution in [0.1, 0.15) is 10.9 Å². The Hall–Kier alpha value is -2.01. The number of ether oxygens (including phenoxy) is 1. The van der Waals surface area contributed by atoms with Crippen LogP contribution in [0.4, 0.5) is 10.1 Å². The van der Waals surface area contributed by atoms with Gasteiger partial charge >= 0.3 is 0 Å². The zero-order valence-corrected chi connectivity index (χ0v) is 12.3. The predicted octanol–water partition coefficient (Wildman–Crippen LogP) is 3.61. The number of rotatable bonds is 3. The molecule has 2 aromatic carbocycles. The summed E-state index contributed by atoms with van der Waals surface area (Å²) in [4.78, 5) is 13.9. The second-order valence-electron chi connectivity index (χ2n) is 4.68. The summed E-state index contributed by atoms with van der Waals surface area (Å²) in [6.45, 7) is 0. The monoisotopic (exact) mass is 303 g/mol. The molecule has 1 heterocycles. The van der Waals surface area contributed by atoms with Gasteiger partial charge in [0.25, 0.3) is 0 Å². The number of nitrogens with zero attached hydrogens (tertiary/aromatic N) is 1. The number of methoxy groups -OCH3 is 1. The Balaban J connectivity index is 1.97. The maximum absolute atomic E-state index is 13.1. The van der Waals surface area contributed by atoms with E-state index in [1.807, 2.05) is 24.3 Å². The number of hydrogen-bond acceptors (Lipinski definition) is 3. The van der Waals surface area contributed by atoms with Gasteiger partial charge < -0.3 is 4.74 Å². The van der Waals surface area contributed by atoms with E-state index in [2.05, 4.69) is 0 Å². The number of carbonyl (C=O) groups excluding carboxylic acids is 1. The van der Waals surface area contributed by atoms with Crippen molar-refractivity contribution in [1.29, 1.82) is 0 Å². The molecular formula is C16H14FNO2S. The Morgan fingerprint density at radius 2 is 2.00 bits per heavy atom. The third kappa shape index (κ3) is 2.74. The highest BCUT2D eigenvalue weighted by molar-refractivity contribution is 8.00. The summed E-state index contributed by atoms with van der Waals surface area (Å²) in [5, 5.41) is -0.113. The smallest absolute Gasteiger partial charge is 0.238 e. The van der Waals surface area contributed by atoms with Crippen LogP contribution in [0.15, 0.2) is 48.5 Å². The lowest BCUT2D eigenvalue weighted by Crippen LogP contribution is -2.27. The van der Waals surface area contributed by atoms with E-state index in [1.54, 1.807) is 35.9 Å². The van der Waals surface area contributed by atoms with Crippen LogP contribution in [0, 0.1) is 5.82 Å². The van der Waals surface area contributed by atoms with Crippen LogP contribution in [0.5, 0.6) is 5.75 Å². The Kier molecular flexibility index (Phi) is 3.84. The Labute approximate surface area is 126 Å². The fourth-order valence-electron chi connectivity index (χ4n) is 2.35. The standard InChI is InChI=1S/C16H14FNO2S/c1-20-14-4-2-3-11(9-14)16-18(15(19)10-21-16)13-7-5-12(17)6-8-13/h2-9,16H,10H2,1H3. The third-order valence-corrected chi connectivity index (χ3v) is 4.56. The molecule has 1 unspecified atom stereocenters. The molecule has 1 amide bonds. The van der Waals surface area contributed by atoms with Crippen molar-refractivity contribution in [3.8, 4) is 5.75 Å². The number of anilines is 1. The highest BCUT2D eigenvalue weighted by Crippen LogP contribution is 2.42. The number of amides is 1. The zero-order valence-electron chi connectivity index (χ0n) is 11.5. The van der Waals surface area contributed by atoms with Gasteiger partial charge in [0.2, 0.25) is 5.91 Å². The van der Waals surface area contributed by atoms with E-state index >= 15 is 0 Å². The maximum Gasteiger partial charge on any atom is 0.238 e. The summed E-state index contributed by atoms with van der Waals surface area (Å²) in [6, 6.07) is 13.7. The van der Waals surface area contributed by atoms with E-state index < -0.39 is 0 Å². The van der Waals surface area contributed by atoms with Crippen LogP contribution in [0.3, 0.4) is 0 Å². The van der Waals surface area contributed by atoms with Crippen molar-refractivity contribution in [2.24, 2.45) is 0 Å². The summed E-state index contributed by atoms with van der Waals surface area (Å²) >= 11 is 1.56. The summed E-state index contributed by atoms with van der Waals surface area (Å²) in [6.07, 6.45) is 0. The van der Waals surface area contributed by atoms with Crippen LogP contribution in [0.2, 0.25) is 0 Å². The first kappa shape index (κ1) is 13.9. The van der Waals surface area contributed by atoms with Gasteiger partial charge in [-0.25, -0.2) is 4.39 Å². The van der Waals surface area contributed by atoms with Crippen LogP contribution in [-0.2, 0) is 4.79 Å². The Morgan fingerprint density at radius 3 is 2.71 bits per heavy atom. The second kappa shape index (κ2) is 5.77. The van der Waals surface area contributed by atoms with Crippen LogP contribution < -0.4 is 9.64 Å². The van der Waals surface area contributed by atoms with Gasteiger partial charge in [-0.3, -0.25) is 9.69 Å². The number of hydrogen-bond donors (Lipinski definition) is 0. The lowest BCUT2D eigenvalue weighted by Gasteiger charge is -2.24. The molecular weight excluding hydrogens is 289 g/mol. The molecule has 1 saturated heterocycles. The summed E-state index contributed by atoms with van der Waals surface area (Å²) in [7, 11) is 1.61. The fraction of sp³-hybridized carbons (Fsp3) is 0.188. The first-order chi connectivity index (χ1) is 10.2. The maximum atomic E-state index is 13.1. The zero-order chi connectivity index (χ0) is 14.8. The molecule has 1 fully saturated rings. The van der Waals surface area contributed by atoms with Crippen molar-refractivity contribution < 1.29 is 13.9 Å². The molecule has 3 rings (SSSR count). The molecule has 0 spiro atoms. The molecule has 0 aromatic heterocycles. The minimum Gasteiger partial charge on any atom is -0.497 e. The van der Waals surface area contributed by atoms with Gasteiger partial charge in [0.1, 0.15) is 16.9 Å². The quantitative estimate of drug-likeness (QED) is 0.867. The van der Waals surface area contributed by atoms with Gasteiger partial charge in [-0.2, -0.15) is 0 Å². The molecule has 1 aliphatic heterocycles. The van der Waals surface area contributed by atoms with Crippen molar-refractivity contribution >= 4 is 23.4 Å². The number of carbonyl (C=O) groups is 1. The topological polar surface area (TPSA) is 29.5 Å². The van der Waals surface area contributed by atoms with E-state index in [9.17, 15) is 9.18 Å². The van der Waals surface area contributed by atoms with Crippen molar-refractivity contribution in [1.82, 2.24) is 0 Å². The summed E-state index contributed by atoms with van der Waals surface area (Å²) in [5.41, 5.74) is 1.70. The van der Waals surface area contributed by atoms with Crippen LogP contribution >= 0.6 is 11.8 Å². The molecule has 21 heavy (non-hydrogen) atoms. The normalized spacial score (nSPS) is 18.1. The van der Waals surface area contributed by atoms with Gasteiger partial charge in [0.05, 0.1) is 12.9 Å². The highest BCUT2D eigenvalue weighted by Gasteiger charge is 2.34. The number of benzene rings is 2. The molecule has 3 nitrogen and oxygen atoms in total. The fourth-order valence-corrected chi connectivity index (χ4v) is 3.51. The Morgan fingerprint density at radius 1 is 1.24 bits per heavy atom. The molecule has 1 aliphatic rings. The van der Waals surface area contributed by atoms with Crippen molar-refractivity contribution in [2.45, 2.75) is 5.37 Å². The van der Waals surface area contributed by atoms with Gasteiger partial charge in [0, 0.05) is 5.69 Å². The molecule has 0 saturated carbocycles. The molecule has 2 aromatic rings. The van der Waals surface area contributed by atoms with Crippen LogP contribution in [-0.4, -0.2) is 18.8 Å². The van der Waals surface area contributed by atoms with Crippen LogP contribution in [0.25, 0.3) is 0 Å². The van der Waals surface area contributed by atoms with Crippen molar-refractivity contribution in [3.05, 3.63) is 59.9 Å². The molecule has 1 atom stereocenters. The lowest BCUT2D eigenvalue weighted by molar-refractivity contribution is -0.115. The molecule has 5 heteroatoms. The van der Waals surface area contributed by atoms with Gasteiger partial charge in [0.15, 0.2) is 0 Å². The van der Waals surface area contributed by atoms with Gasteiger partial charge in [-0.05, 0) is 42.0 Å². The first-order valence-electron chi connectivity index (χ1n) is 6.52. The average molecular weight is 303 g/mol.